The molecule has 0 spiro atoms. The van der Waals surface area contributed by atoms with Crippen LogP contribution in [0.2, 0.25) is 0 Å². The summed E-state index contributed by atoms with van der Waals surface area (Å²) >= 11 is 0. The number of rotatable bonds is 1. The zero-order valence-electron chi connectivity index (χ0n) is 6.44. The standard InChI is InChI=1S/C7H6O4.Li/c8-4-2-1-3-5(9)6(4)7(10)11;/h1-3,8-9H,(H,10,11);/q;+1/p-1. The van der Waals surface area contributed by atoms with Crippen LogP contribution in [0.4, 0.5) is 0 Å². The van der Waals surface area contributed by atoms with Gasteiger partial charge in [-0.2, -0.15) is 0 Å². The number of carbonyl (C=O) groups is 1. The Morgan fingerprint density at radius 2 is 1.67 bits per heavy atom. The Balaban J connectivity index is 0.00000121. The molecule has 2 N–H and O–H groups in total. The molecule has 0 atom stereocenters. The summed E-state index contributed by atoms with van der Waals surface area (Å²) in [6.45, 7) is 0. The number of aromatic carboxylic acids is 1. The minimum Gasteiger partial charge on any atom is -0.545 e. The molecule has 1 aromatic carbocycles. The second-order valence-electron chi connectivity index (χ2n) is 1.96. The van der Waals surface area contributed by atoms with Crippen LogP contribution in [0.25, 0.3) is 0 Å². The van der Waals surface area contributed by atoms with Gasteiger partial charge in [-0.25, -0.2) is 0 Å². The van der Waals surface area contributed by atoms with Crippen molar-refractivity contribution in [1.82, 2.24) is 0 Å². The van der Waals surface area contributed by atoms with Crippen LogP contribution in [0.15, 0.2) is 18.2 Å². The van der Waals surface area contributed by atoms with Gasteiger partial charge in [0.2, 0.25) is 0 Å². The molecular formula is C7H5LiO4. The van der Waals surface area contributed by atoms with Gasteiger partial charge in [-0.1, -0.05) is 6.07 Å². The first-order chi connectivity index (χ1) is 5.13. The van der Waals surface area contributed by atoms with Gasteiger partial charge in [0.15, 0.2) is 0 Å². The predicted molar refractivity (Wildman–Crippen MR) is 34.1 cm³/mol. The van der Waals surface area contributed by atoms with E-state index in [0.29, 0.717) is 0 Å². The fourth-order valence-corrected chi connectivity index (χ4v) is 0.737. The number of carbonyl (C=O) groups excluding carboxylic acids is 1. The molecule has 58 valence electrons. The molecule has 0 aliphatic rings. The van der Waals surface area contributed by atoms with E-state index < -0.39 is 23.0 Å². The van der Waals surface area contributed by atoms with Crippen molar-refractivity contribution >= 4 is 5.97 Å². The summed E-state index contributed by atoms with van der Waals surface area (Å²) in [6.07, 6.45) is 0. The number of carboxylic acids is 1. The first-order valence-electron chi connectivity index (χ1n) is 2.85. The van der Waals surface area contributed by atoms with Crippen molar-refractivity contribution in [1.29, 1.82) is 0 Å². The Labute approximate surface area is 80.6 Å². The van der Waals surface area contributed by atoms with Crippen LogP contribution in [0, 0.1) is 0 Å². The summed E-state index contributed by atoms with van der Waals surface area (Å²) in [5.41, 5.74) is -0.576. The van der Waals surface area contributed by atoms with Crippen LogP contribution >= 0.6 is 0 Å². The van der Waals surface area contributed by atoms with E-state index in [1.54, 1.807) is 0 Å². The van der Waals surface area contributed by atoms with Crippen molar-refractivity contribution in [2.24, 2.45) is 0 Å². The number of hydrogen-bond donors (Lipinski definition) is 2. The topological polar surface area (TPSA) is 80.6 Å². The third kappa shape index (κ3) is 1.94. The first kappa shape index (κ1) is 10.9. The van der Waals surface area contributed by atoms with Gasteiger partial charge in [0.1, 0.15) is 11.5 Å². The van der Waals surface area contributed by atoms with E-state index >= 15 is 0 Å². The summed E-state index contributed by atoms with van der Waals surface area (Å²) in [5.74, 6) is -2.59. The molecule has 0 aliphatic heterocycles. The van der Waals surface area contributed by atoms with Crippen molar-refractivity contribution < 1.29 is 39.0 Å². The normalized spacial score (nSPS) is 8.67. The smallest absolute Gasteiger partial charge is 0.545 e. The molecule has 0 radical (unpaired) electrons. The predicted octanol–water partition coefficient (Wildman–Crippen LogP) is -3.53. The molecule has 1 aromatic rings. The molecule has 0 unspecified atom stereocenters. The minimum absolute atomic E-state index is 0. The van der Waals surface area contributed by atoms with Crippen molar-refractivity contribution in [3.05, 3.63) is 23.8 Å². The molecule has 0 saturated heterocycles. The average molecular weight is 160 g/mol. The van der Waals surface area contributed by atoms with Crippen LogP contribution in [0.5, 0.6) is 11.5 Å². The number of aromatic hydroxyl groups is 2. The van der Waals surface area contributed by atoms with Crippen LogP contribution in [-0.2, 0) is 0 Å². The van der Waals surface area contributed by atoms with Gasteiger partial charge in [-0.15, -0.1) is 0 Å². The Bertz CT molecular complexity index is 277. The van der Waals surface area contributed by atoms with Gasteiger partial charge in [0, 0.05) is 0 Å². The molecular weight excluding hydrogens is 155 g/mol. The van der Waals surface area contributed by atoms with E-state index in [9.17, 15) is 9.90 Å². The SMILES string of the molecule is O=C([O-])c1c(O)cccc1O.[Li+]. The molecule has 0 amide bonds. The Kier molecular flexibility index (Phi) is 3.67. The molecule has 5 heteroatoms. The van der Waals surface area contributed by atoms with E-state index in [1.165, 1.54) is 6.07 Å². The first-order valence-corrected chi connectivity index (χ1v) is 2.85. The van der Waals surface area contributed by atoms with Gasteiger partial charge in [0.25, 0.3) is 0 Å². The van der Waals surface area contributed by atoms with E-state index in [2.05, 4.69) is 0 Å². The number of phenols is 2. The van der Waals surface area contributed by atoms with E-state index in [4.69, 9.17) is 10.2 Å². The second kappa shape index (κ2) is 4.05. The van der Waals surface area contributed by atoms with E-state index in [0.717, 1.165) is 12.1 Å². The third-order valence-corrected chi connectivity index (χ3v) is 1.22. The number of carboxylic acid groups (broad SMARTS) is 1. The monoisotopic (exact) mass is 160 g/mol. The van der Waals surface area contributed by atoms with Gasteiger partial charge >= 0.3 is 18.9 Å². The molecule has 0 aliphatic carbocycles. The molecule has 12 heavy (non-hydrogen) atoms. The van der Waals surface area contributed by atoms with Crippen molar-refractivity contribution in [3.8, 4) is 11.5 Å². The summed E-state index contributed by atoms with van der Waals surface area (Å²) in [5, 5.41) is 28.0. The molecule has 0 aromatic heterocycles. The van der Waals surface area contributed by atoms with E-state index in [1.807, 2.05) is 0 Å². The maximum atomic E-state index is 10.2. The molecule has 0 bridgehead atoms. The maximum absolute atomic E-state index is 10.2. The molecule has 0 heterocycles. The van der Waals surface area contributed by atoms with Crippen molar-refractivity contribution in [2.75, 3.05) is 0 Å². The van der Waals surface area contributed by atoms with Gasteiger partial charge in [0.05, 0.1) is 11.5 Å². The van der Waals surface area contributed by atoms with Crippen LogP contribution in [-0.4, -0.2) is 16.2 Å². The third-order valence-electron chi connectivity index (χ3n) is 1.22. The van der Waals surface area contributed by atoms with Crippen LogP contribution in [0.1, 0.15) is 10.4 Å². The number of hydrogen-bond acceptors (Lipinski definition) is 4. The summed E-state index contributed by atoms with van der Waals surface area (Å²) in [6, 6.07) is 3.65. The molecule has 0 fully saturated rings. The minimum atomic E-state index is -1.60. The summed E-state index contributed by atoms with van der Waals surface area (Å²) in [4.78, 5) is 10.2. The summed E-state index contributed by atoms with van der Waals surface area (Å²) in [7, 11) is 0. The zero-order valence-corrected chi connectivity index (χ0v) is 6.44. The average Bonchev–Trinajstić information content (AvgIpc) is 1.85. The fraction of sp³-hybridized carbons (Fsp3) is 0. The zero-order chi connectivity index (χ0) is 8.43. The molecule has 1 rings (SSSR count). The largest absolute Gasteiger partial charge is 1.00 e. The second-order valence-corrected chi connectivity index (χ2v) is 1.96. The maximum Gasteiger partial charge on any atom is 1.00 e. The van der Waals surface area contributed by atoms with Gasteiger partial charge < -0.3 is 20.1 Å². The molecule has 4 nitrogen and oxygen atoms in total. The van der Waals surface area contributed by atoms with Crippen molar-refractivity contribution in [2.45, 2.75) is 0 Å². The van der Waals surface area contributed by atoms with Crippen molar-refractivity contribution in [3.63, 3.8) is 0 Å². The van der Waals surface area contributed by atoms with Crippen LogP contribution < -0.4 is 24.0 Å². The Morgan fingerprint density at radius 3 is 1.92 bits per heavy atom. The van der Waals surface area contributed by atoms with Crippen LogP contribution in [0.3, 0.4) is 0 Å². The quantitative estimate of drug-likeness (QED) is 0.417. The fourth-order valence-electron chi connectivity index (χ4n) is 0.737. The molecule has 0 saturated carbocycles. The summed E-state index contributed by atoms with van der Waals surface area (Å²) < 4.78 is 0. The Hall–Kier alpha value is -1.11. The van der Waals surface area contributed by atoms with Gasteiger partial charge in [-0.05, 0) is 12.1 Å². The van der Waals surface area contributed by atoms with Gasteiger partial charge in [-0.3, -0.25) is 0 Å². The Morgan fingerprint density at radius 1 is 1.25 bits per heavy atom. The van der Waals surface area contributed by atoms with E-state index in [-0.39, 0.29) is 18.9 Å². The number of benzene rings is 1.